The first kappa shape index (κ1) is 8.94. The van der Waals surface area contributed by atoms with Gasteiger partial charge in [-0.3, -0.25) is 4.79 Å². The summed E-state index contributed by atoms with van der Waals surface area (Å²) in [7, 11) is 0. The highest BCUT2D eigenvalue weighted by atomic mass is 32.1. The summed E-state index contributed by atoms with van der Waals surface area (Å²) < 4.78 is 0. The molecule has 1 heterocycles. The highest BCUT2D eigenvalue weighted by Gasteiger charge is 2.59. The van der Waals surface area contributed by atoms with Crippen molar-refractivity contribution in [1.29, 1.82) is 0 Å². The lowest BCUT2D eigenvalue weighted by molar-refractivity contribution is -0.143. The molecule has 0 aromatic carbocycles. The predicted octanol–water partition coefficient (Wildman–Crippen LogP) is 0.651. The van der Waals surface area contributed by atoms with Gasteiger partial charge in [0.15, 0.2) is 5.11 Å². The summed E-state index contributed by atoms with van der Waals surface area (Å²) in [6, 6.07) is 0.226. The molecule has 3 atom stereocenters. The molecule has 0 bridgehead atoms. The van der Waals surface area contributed by atoms with Gasteiger partial charge in [0, 0.05) is 6.04 Å². The van der Waals surface area contributed by atoms with Crippen molar-refractivity contribution in [3.05, 3.63) is 0 Å². The standard InChI is InChI=1S/C9H14N2OS/c1-4-5-6(9(4,2)3)10-8(13)11-7(5)12/h4-6H,1-3H3,(H2,10,11,12,13). The number of thiocarbonyl (C=S) groups is 1. The highest BCUT2D eigenvalue weighted by Crippen LogP contribution is 2.51. The van der Waals surface area contributed by atoms with Gasteiger partial charge < -0.3 is 10.6 Å². The minimum Gasteiger partial charge on any atom is -0.358 e. The van der Waals surface area contributed by atoms with Gasteiger partial charge in [-0.2, -0.15) is 0 Å². The average molecular weight is 198 g/mol. The Labute approximate surface area is 83.3 Å². The molecule has 72 valence electrons. The maximum absolute atomic E-state index is 11.5. The van der Waals surface area contributed by atoms with Gasteiger partial charge in [0.2, 0.25) is 5.91 Å². The summed E-state index contributed by atoms with van der Waals surface area (Å²) in [5.74, 6) is 0.607. The third kappa shape index (κ3) is 1.01. The Morgan fingerprint density at radius 3 is 2.69 bits per heavy atom. The normalized spacial score (nSPS) is 41.3. The highest BCUT2D eigenvalue weighted by molar-refractivity contribution is 7.80. The third-order valence-corrected chi connectivity index (χ3v) is 3.92. The molecule has 2 aliphatic rings. The number of nitrogens with one attached hydrogen (secondary N) is 2. The smallest absolute Gasteiger partial charge is 0.231 e. The van der Waals surface area contributed by atoms with E-state index in [1.54, 1.807) is 0 Å². The van der Waals surface area contributed by atoms with E-state index in [0.29, 0.717) is 11.0 Å². The van der Waals surface area contributed by atoms with Crippen molar-refractivity contribution >= 4 is 23.2 Å². The third-order valence-electron chi connectivity index (χ3n) is 3.70. The Morgan fingerprint density at radius 1 is 1.46 bits per heavy atom. The SMILES string of the molecule is CC1C2C(=O)NC(=S)NC2C1(C)C. The van der Waals surface area contributed by atoms with Crippen LogP contribution in [-0.2, 0) is 4.79 Å². The van der Waals surface area contributed by atoms with E-state index in [1.165, 1.54) is 0 Å². The van der Waals surface area contributed by atoms with Gasteiger partial charge in [-0.1, -0.05) is 20.8 Å². The first-order chi connectivity index (χ1) is 5.94. The van der Waals surface area contributed by atoms with Crippen LogP contribution in [0.15, 0.2) is 0 Å². The zero-order valence-corrected chi connectivity index (χ0v) is 8.87. The van der Waals surface area contributed by atoms with Crippen LogP contribution in [0, 0.1) is 17.3 Å². The Kier molecular flexibility index (Phi) is 1.68. The van der Waals surface area contributed by atoms with Gasteiger partial charge >= 0.3 is 0 Å². The van der Waals surface area contributed by atoms with Crippen molar-refractivity contribution in [2.75, 3.05) is 0 Å². The van der Waals surface area contributed by atoms with Crippen molar-refractivity contribution in [2.45, 2.75) is 26.8 Å². The Balaban J connectivity index is 2.24. The molecule has 3 nitrogen and oxygen atoms in total. The summed E-state index contributed by atoms with van der Waals surface area (Å²) in [5, 5.41) is 6.30. The summed E-state index contributed by atoms with van der Waals surface area (Å²) in [6.45, 7) is 6.47. The van der Waals surface area contributed by atoms with Gasteiger partial charge in [0.1, 0.15) is 0 Å². The largest absolute Gasteiger partial charge is 0.358 e. The van der Waals surface area contributed by atoms with Crippen LogP contribution in [0.5, 0.6) is 0 Å². The van der Waals surface area contributed by atoms with E-state index in [0.717, 1.165) is 0 Å². The molecule has 1 aliphatic carbocycles. The summed E-state index contributed by atoms with van der Waals surface area (Å²) in [5.41, 5.74) is 0.173. The Bertz CT molecular complexity index is 287. The molecule has 2 fully saturated rings. The van der Waals surface area contributed by atoms with Gasteiger partial charge in [-0.25, -0.2) is 0 Å². The molecule has 1 amide bonds. The quantitative estimate of drug-likeness (QED) is 0.562. The van der Waals surface area contributed by atoms with Crippen LogP contribution in [0.4, 0.5) is 0 Å². The summed E-state index contributed by atoms with van der Waals surface area (Å²) >= 11 is 4.94. The van der Waals surface area contributed by atoms with Crippen LogP contribution in [0.2, 0.25) is 0 Å². The molecule has 0 spiro atoms. The molecule has 4 heteroatoms. The zero-order valence-electron chi connectivity index (χ0n) is 8.05. The number of fused-ring (bicyclic) bond motifs is 1. The summed E-state index contributed by atoms with van der Waals surface area (Å²) in [6.07, 6.45) is 0. The van der Waals surface area contributed by atoms with E-state index in [9.17, 15) is 4.79 Å². The molecule has 1 aliphatic heterocycles. The van der Waals surface area contributed by atoms with Crippen molar-refractivity contribution in [3.63, 3.8) is 0 Å². The second kappa shape index (κ2) is 2.44. The molecule has 0 radical (unpaired) electrons. The molecule has 0 aromatic rings. The van der Waals surface area contributed by atoms with Crippen LogP contribution >= 0.6 is 12.2 Å². The van der Waals surface area contributed by atoms with Crippen LogP contribution in [-0.4, -0.2) is 17.1 Å². The van der Waals surface area contributed by atoms with E-state index < -0.39 is 0 Å². The monoisotopic (exact) mass is 198 g/mol. The topological polar surface area (TPSA) is 41.1 Å². The van der Waals surface area contributed by atoms with Crippen LogP contribution in [0.1, 0.15) is 20.8 Å². The van der Waals surface area contributed by atoms with E-state index in [4.69, 9.17) is 12.2 Å². The maximum atomic E-state index is 11.5. The zero-order chi connectivity index (χ0) is 9.80. The van der Waals surface area contributed by atoms with Crippen molar-refractivity contribution in [2.24, 2.45) is 17.3 Å². The fourth-order valence-electron chi connectivity index (χ4n) is 2.41. The Morgan fingerprint density at radius 2 is 2.08 bits per heavy atom. The summed E-state index contributed by atoms with van der Waals surface area (Å²) in [4.78, 5) is 11.5. The molecule has 13 heavy (non-hydrogen) atoms. The number of hydrogen-bond acceptors (Lipinski definition) is 2. The fourth-order valence-corrected chi connectivity index (χ4v) is 2.63. The van der Waals surface area contributed by atoms with Gasteiger partial charge in [0.05, 0.1) is 5.92 Å². The van der Waals surface area contributed by atoms with E-state index in [-0.39, 0.29) is 23.3 Å². The first-order valence-corrected chi connectivity index (χ1v) is 4.97. The lowest BCUT2D eigenvalue weighted by Crippen LogP contribution is -2.73. The number of carbonyl (C=O) groups is 1. The predicted molar refractivity (Wildman–Crippen MR) is 54.1 cm³/mol. The molecular weight excluding hydrogens is 184 g/mol. The first-order valence-electron chi connectivity index (χ1n) is 4.56. The van der Waals surface area contributed by atoms with Crippen molar-refractivity contribution in [3.8, 4) is 0 Å². The number of rotatable bonds is 0. The fraction of sp³-hybridized carbons (Fsp3) is 0.778. The number of hydrogen-bond donors (Lipinski definition) is 2. The lowest BCUT2D eigenvalue weighted by atomic mass is 9.52. The lowest BCUT2D eigenvalue weighted by Gasteiger charge is -2.58. The number of amides is 1. The molecular formula is C9H14N2OS. The molecule has 1 saturated heterocycles. The van der Waals surface area contributed by atoms with Gasteiger partial charge in [-0.05, 0) is 23.6 Å². The minimum absolute atomic E-state index is 0.0839. The maximum Gasteiger partial charge on any atom is 0.231 e. The van der Waals surface area contributed by atoms with Crippen LogP contribution < -0.4 is 10.6 Å². The molecule has 2 rings (SSSR count). The van der Waals surface area contributed by atoms with Crippen molar-refractivity contribution < 1.29 is 4.79 Å². The van der Waals surface area contributed by atoms with E-state index >= 15 is 0 Å². The van der Waals surface area contributed by atoms with Crippen LogP contribution in [0.3, 0.4) is 0 Å². The van der Waals surface area contributed by atoms with Crippen molar-refractivity contribution in [1.82, 2.24) is 10.6 Å². The van der Waals surface area contributed by atoms with Gasteiger partial charge in [0.25, 0.3) is 0 Å². The molecule has 0 aromatic heterocycles. The van der Waals surface area contributed by atoms with Gasteiger partial charge in [-0.15, -0.1) is 0 Å². The molecule has 3 unspecified atom stereocenters. The second-order valence-electron chi connectivity index (χ2n) is 4.58. The Hall–Kier alpha value is -0.640. The van der Waals surface area contributed by atoms with E-state index in [2.05, 4.69) is 31.4 Å². The average Bonchev–Trinajstić information content (AvgIpc) is 2.03. The second-order valence-corrected chi connectivity index (χ2v) is 4.98. The number of carbonyl (C=O) groups excluding carboxylic acids is 1. The minimum atomic E-state index is 0.0839. The molecule has 2 N–H and O–H groups in total. The van der Waals surface area contributed by atoms with E-state index in [1.807, 2.05) is 0 Å². The van der Waals surface area contributed by atoms with Crippen LogP contribution in [0.25, 0.3) is 0 Å². The molecule has 1 saturated carbocycles.